The van der Waals surface area contributed by atoms with Crippen LogP contribution in [0, 0.1) is 0 Å². The number of hydrazone groups is 1. The monoisotopic (exact) mass is 347 g/mol. The lowest BCUT2D eigenvalue weighted by molar-refractivity contribution is 0.112. The van der Waals surface area contributed by atoms with E-state index >= 15 is 0 Å². The summed E-state index contributed by atoms with van der Waals surface area (Å²) in [6.45, 7) is 0. The summed E-state index contributed by atoms with van der Waals surface area (Å²) >= 11 is 5.32. The van der Waals surface area contributed by atoms with Crippen LogP contribution in [0.5, 0.6) is 11.5 Å². The van der Waals surface area contributed by atoms with Crippen LogP contribution in [0.1, 0.15) is 15.9 Å². The third-order valence-corrected chi connectivity index (χ3v) is 4.80. The van der Waals surface area contributed by atoms with Crippen molar-refractivity contribution in [3.05, 3.63) is 59.7 Å². The van der Waals surface area contributed by atoms with Crippen molar-refractivity contribution in [3.63, 3.8) is 0 Å². The minimum atomic E-state index is -1.33. The number of carbonyl (C=O) groups is 1. The summed E-state index contributed by atoms with van der Waals surface area (Å²) in [5, 5.41) is 4.29. The molecule has 5 nitrogen and oxygen atoms in total. The van der Waals surface area contributed by atoms with Crippen molar-refractivity contribution in [1.29, 1.82) is 0 Å². The molecule has 0 saturated heterocycles. The summed E-state index contributed by atoms with van der Waals surface area (Å²) in [5.41, 5.74) is 1.53. The van der Waals surface area contributed by atoms with Gasteiger partial charge >= 0.3 is 7.07 Å². The molecule has 0 spiro atoms. The predicted molar refractivity (Wildman–Crippen MR) is 95.1 cm³/mol. The molecule has 0 heterocycles. The Morgan fingerprint density at radius 2 is 1.61 bits per heavy atom. The zero-order valence-electron chi connectivity index (χ0n) is 12.7. The van der Waals surface area contributed by atoms with Crippen molar-refractivity contribution < 1.29 is 14.1 Å². The Hall–Kier alpha value is -2.30. The maximum absolute atomic E-state index is 10.6. The summed E-state index contributed by atoms with van der Waals surface area (Å²) in [7, 11) is 2.06. The first-order chi connectivity index (χ1) is 11.1. The highest BCUT2D eigenvalue weighted by molar-refractivity contribution is 8.02. The Bertz CT molecular complexity index is 702. The average molecular weight is 347 g/mol. The third-order valence-electron chi connectivity index (χ3n) is 2.93. The molecule has 0 fully saturated rings. The van der Waals surface area contributed by atoms with Crippen molar-refractivity contribution in [2.45, 2.75) is 0 Å². The number of carbonyl (C=O) groups excluding carboxylic acids is 1. The van der Waals surface area contributed by atoms with Gasteiger partial charge in [-0.2, -0.15) is 0 Å². The molecule has 2 aromatic rings. The van der Waals surface area contributed by atoms with Gasteiger partial charge in [0.15, 0.2) is 5.75 Å². The van der Waals surface area contributed by atoms with E-state index in [1.165, 1.54) is 0 Å². The molecule has 2 rings (SSSR count). The number of aldehydes is 1. The number of nitrogens with zero attached hydrogens (tertiary/aromatic N) is 2. The second-order valence-corrected chi connectivity index (χ2v) is 6.70. The van der Waals surface area contributed by atoms with Crippen LogP contribution in [-0.2, 0) is 11.8 Å². The highest BCUT2D eigenvalue weighted by atomic mass is 32.4. The number of benzene rings is 2. The topological polar surface area (TPSA) is 51.1 Å². The van der Waals surface area contributed by atoms with E-state index in [0.717, 1.165) is 17.6 Å². The predicted octanol–water partition coefficient (Wildman–Crippen LogP) is 3.63. The first-order valence-electron chi connectivity index (χ1n) is 6.74. The smallest absolute Gasteiger partial charge is 0.497 e. The molecule has 1 atom stereocenters. The molecular weight excluding hydrogens is 331 g/mol. The van der Waals surface area contributed by atoms with E-state index in [2.05, 4.69) is 5.10 Å². The molecule has 0 amide bonds. The van der Waals surface area contributed by atoms with Crippen LogP contribution in [0.3, 0.4) is 0 Å². The number of methoxy groups -OCH3 is 1. The van der Waals surface area contributed by atoms with Gasteiger partial charge in [0.05, 0.1) is 20.4 Å². The molecular formula is C16H16N2O3PS+. The first kappa shape index (κ1) is 17.1. The Labute approximate surface area is 141 Å². The maximum atomic E-state index is 10.6. The van der Waals surface area contributed by atoms with E-state index in [1.54, 1.807) is 49.4 Å². The number of hydrogen-bond acceptors (Lipinski definition) is 5. The Balaban J connectivity index is 1.95. The quantitative estimate of drug-likeness (QED) is 0.331. The van der Waals surface area contributed by atoms with Gasteiger partial charge in [0.1, 0.15) is 12.0 Å². The van der Waals surface area contributed by atoms with Crippen LogP contribution < -0.4 is 9.26 Å². The summed E-state index contributed by atoms with van der Waals surface area (Å²) in [4.78, 5) is 10.6. The Morgan fingerprint density at radius 1 is 1.04 bits per heavy atom. The van der Waals surface area contributed by atoms with Gasteiger partial charge in [-0.3, -0.25) is 9.32 Å². The maximum Gasteiger partial charge on any atom is 0.540 e. The molecule has 0 N–H and O–H groups in total. The number of ether oxygens (including phenoxy) is 1. The van der Waals surface area contributed by atoms with Gasteiger partial charge < -0.3 is 4.74 Å². The van der Waals surface area contributed by atoms with Gasteiger partial charge in [0.25, 0.3) is 0 Å². The number of rotatable bonds is 7. The SMILES string of the molecule is COc1ccc(/C=N\N(C)[P+](=S)Oc2ccc(C=O)cc2)cc1. The van der Waals surface area contributed by atoms with Crippen molar-refractivity contribution in [3.8, 4) is 11.5 Å². The van der Waals surface area contributed by atoms with Crippen LogP contribution in [0.25, 0.3) is 0 Å². The first-order valence-corrected chi connectivity index (χ1v) is 8.97. The Morgan fingerprint density at radius 3 is 2.17 bits per heavy atom. The standard InChI is InChI=1S/C16H16N2O3PS/c1-18(17-11-13-3-7-15(20-2)8-4-13)22(23)21-16-9-5-14(12-19)6-10-16/h3-12H,1-2H3/q+1/b17-11-. The molecule has 0 bridgehead atoms. The van der Waals surface area contributed by atoms with Crippen molar-refractivity contribution >= 4 is 31.4 Å². The van der Waals surface area contributed by atoms with Gasteiger partial charge in [-0.1, -0.05) is 4.78 Å². The summed E-state index contributed by atoms with van der Waals surface area (Å²) < 4.78 is 12.4. The van der Waals surface area contributed by atoms with E-state index in [1.807, 2.05) is 24.3 Å². The molecule has 0 aliphatic carbocycles. The minimum Gasteiger partial charge on any atom is -0.497 e. The van der Waals surface area contributed by atoms with Gasteiger partial charge in [0.2, 0.25) is 11.8 Å². The van der Waals surface area contributed by atoms with E-state index in [0.29, 0.717) is 11.3 Å². The lowest BCUT2D eigenvalue weighted by Gasteiger charge is -2.02. The van der Waals surface area contributed by atoms with E-state index in [-0.39, 0.29) is 0 Å². The molecule has 118 valence electrons. The van der Waals surface area contributed by atoms with Crippen LogP contribution in [0.15, 0.2) is 53.6 Å². The van der Waals surface area contributed by atoms with Crippen molar-refractivity contribution in [2.75, 3.05) is 14.2 Å². The second-order valence-electron chi connectivity index (χ2n) is 4.52. The molecule has 0 aliphatic heterocycles. The fourth-order valence-corrected chi connectivity index (χ4v) is 2.58. The molecule has 0 saturated carbocycles. The van der Waals surface area contributed by atoms with Crippen LogP contribution in [-0.4, -0.2) is 31.4 Å². The fraction of sp³-hybridized carbons (Fsp3) is 0.125. The normalized spacial score (nSPS) is 11.1. The summed E-state index contributed by atoms with van der Waals surface area (Å²) in [6.07, 6.45) is 2.49. The highest BCUT2D eigenvalue weighted by Gasteiger charge is 2.20. The largest absolute Gasteiger partial charge is 0.540 e. The molecule has 2 aromatic carbocycles. The van der Waals surface area contributed by atoms with Crippen LogP contribution in [0.2, 0.25) is 0 Å². The second kappa shape index (κ2) is 8.36. The molecule has 7 heteroatoms. The molecule has 0 radical (unpaired) electrons. The van der Waals surface area contributed by atoms with Crippen molar-refractivity contribution in [2.24, 2.45) is 5.10 Å². The van der Waals surface area contributed by atoms with Gasteiger partial charge in [-0.15, -0.1) is 5.10 Å². The zero-order valence-corrected chi connectivity index (χ0v) is 14.5. The van der Waals surface area contributed by atoms with E-state index < -0.39 is 7.07 Å². The third kappa shape index (κ3) is 5.13. The minimum absolute atomic E-state index is 0.594. The fourth-order valence-electron chi connectivity index (χ4n) is 1.64. The van der Waals surface area contributed by atoms with E-state index in [4.69, 9.17) is 21.1 Å². The van der Waals surface area contributed by atoms with Crippen LogP contribution in [0.4, 0.5) is 0 Å². The van der Waals surface area contributed by atoms with E-state index in [9.17, 15) is 4.79 Å². The Kier molecular flexibility index (Phi) is 6.20. The highest BCUT2D eigenvalue weighted by Crippen LogP contribution is 2.30. The molecule has 23 heavy (non-hydrogen) atoms. The van der Waals surface area contributed by atoms with Gasteiger partial charge in [-0.05, 0) is 54.1 Å². The average Bonchev–Trinajstić information content (AvgIpc) is 2.60. The molecule has 0 aliphatic rings. The molecule has 0 aromatic heterocycles. The van der Waals surface area contributed by atoms with Gasteiger partial charge in [0, 0.05) is 5.56 Å². The van der Waals surface area contributed by atoms with Crippen molar-refractivity contribution in [1.82, 2.24) is 4.78 Å². The van der Waals surface area contributed by atoms with Crippen LogP contribution >= 0.6 is 7.07 Å². The lowest BCUT2D eigenvalue weighted by atomic mass is 10.2. The number of hydrogen-bond donors (Lipinski definition) is 0. The summed E-state index contributed by atoms with van der Waals surface area (Å²) in [6, 6.07) is 14.3. The van der Waals surface area contributed by atoms with Gasteiger partial charge in [-0.25, -0.2) is 0 Å². The lowest BCUT2D eigenvalue weighted by Crippen LogP contribution is -2.03. The molecule has 1 unspecified atom stereocenters. The summed E-state index contributed by atoms with van der Waals surface area (Å²) in [5.74, 6) is 1.41. The zero-order chi connectivity index (χ0) is 16.7.